The average molecular weight is 450 g/mol. The molecule has 5 nitrogen and oxygen atoms in total. The lowest BCUT2D eigenvalue weighted by molar-refractivity contribution is -0.140. The van der Waals surface area contributed by atoms with Crippen molar-refractivity contribution in [1.82, 2.24) is 4.90 Å². The molecule has 0 bridgehead atoms. The third-order valence-electron chi connectivity index (χ3n) is 5.98. The van der Waals surface area contributed by atoms with E-state index in [0.29, 0.717) is 25.7 Å². The van der Waals surface area contributed by atoms with E-state index in [1.807, 2.05) is 58.0 Å². The third-order valence-corrected chi connectivity index (χ3v) is 5.98. The molecule has 33 heavy (non-hydrogen) atoms. The van der Waals surface area contributed by atoms with Gasteiger partial charge in [-0.1, -0.05) is 80.9 Å². The zero-order valence-corrected chi connectivity index (χ0v) is 20.2. The van der Waals surface area contributed by atoms with Crippen molar-refractivity contribution in [1.29, 1.82) is 0 Å². The highest BCUT2D eigenvalue weighted by Gasteiger charge is 2.43. The Bertz CT molecular complexity index is 960. The minimum Gasteiger partial charge on any atom is -0.447 e. The number of hydrogen-bond acceptors (Lipinski definition) is 4. The summed E-state index contributed by atoms with van der Waals surface area (Å²) in [4.78, 5) is 40.5. The Labute approximate surface area is 197 Å². The first-order valence-electron chi connectivity index (χ1n) is 11.8. The van der Waals surface area contributed by atoms with Gasteiger partial charge in [0.05, 0.1) is 12.0 Å². The Kier molecular flexibility index (Phi) is 8.06. The predicted octanol–water partition coefficient (Wildman–Crippen LogP) is 5.53. The fourth-order valence-corrected chi connectivity index (χ4v) is 4.27. The van der Waals surface area contributed by atoms with Gasteiger partial charge >= 0.3 is 6.09 Å². The molecule has 1 heterocycles. The quantitative estimate of drug-likeness (QED) is 0.472. The number of rotatable bonds is 9. The van der Waals surface area contributed by atoms with Gasteiger partial charge in [0.15, 0.2) is 0 Å². The maximum Gasteiger partial charge on any atom is 0.417 e. The summed E-state index contributed by atoms with van der Waals surface area (Å²) in [6, 6.07) is 17.6. The maximum absolute atomic E-state index is 13.6. The van der Waals surface area contributed by atoms with Gasteiger partial charge < -0.3 is 4.74 Å². The highest BCUT2D eigenvalue weighted by molar-refractivity contribution is 6.06. The van der Waals surface area contributed by atoms with Crippen molar-refractivity contribution in [2.45, 2.75) is 65.8 Å². The van der Waals surface area contributed by atoms with Crippen LogP contribution in [-0.2, 0) is 27.2 Å². The van der Waals surface area contributed by atoms with Gasteiger partial charge in [0.25, 0.3) is 0 Å². The fraction of sp³-hybridized carbons (Fsp3) is 0.464. The van der Waals surface area contributed by atoms with Gasteiger partial charge in [0.2, 0.25) is 5.91 Å². The number of ketones is 1. The van der Waals surface area contributed by atoms with Gasteiger partial charge in [0, 0.05) is 6.42 Å². The average Bonchev–Trinajstić information content (AvgIpc) is 3.11. The van der Waals surface area contributed by atoms with Gasteiger partial charge in [-0.3, -0.25) is 9.59 Å². The number of carbonyl (C=O) groups excluding carboxylic acids is 3. The molecule has 2 amide bonds. The number of aryl methyl sites for hydroxylation is 2. The Morgan fingerprint density at radius 3 is 2.33 bits per heavy atom. The second-order valence-corrected chi connectivity index (χ2v) is 10.3. The monoisotopic (exact) mass is 449 g/mol. The molecule has 176 valence electrons. The molecule has 2 atom stereocenters. The smallest absolute Gasteiger partial charge is 0.417 e. The van der Waals surface area contributed by atoms with Crippen LogP contribution >= 0.6 is 0 Å². The molecule has 0 aliphatic carbocycles. The second kappa shape index (κ2) is 10.8. The summed E-state index contributed by atoms with van der Waals surface area (Å²) in [5.41, 5.74) is 3.17. The van der Waals surface area contributed by atoms with Crippen molar-refractivity contribution >= 4 is 17.8 Å². The van der Waals surface area contributed by atoms with E-state index in [1.54, 1.807) is 0 Å². The number of imide groups is 1. The summed E-state index contributed by atoms with van der Waals surface area (Å²) >= 11 is 0. The number of benzene rings is 2. The van der Waals surface area contributed by atoms with Crippen LogP contribution in [0, 0.1) is 18.3 Å². The van der Waals surface area contributed by atoms with Gasteiger partial charge in [0.1, 0.15) is 12.4 Å². The van der Waals surface area contributed by atoms with Crippen molar-refractivity contribution in [2.24, 2.45) is 11.3 Å². The van der Waals surface area contributed by atoms with E-state index in [2.05, 4.69) is 24.3 Å². The molecular weight excluding hydrogens is 414 g/mol. The number of nitrogens with zero attached hydrogens (tertiary/aromatic N) is 1. The number of ether oxygens (including phenoxy) is 1. The molecule has 1 aliphatic rings. The van der Waals surface area contributed by atoms with Crippen molar-refractivity contribution in [2.75, 3.05) is 6.61 Å². The molecule has 3 rings (SSSR count). The molecule has 1 aliphatic heterocycles. The largest absolute Gasteiger partial charge is 0.447 e. The van der Waals surface area contributed by atoms with Gasteiger partial charge in [-0.05, 0) is 49.1 Å². The minimum atomic E-state index is -0.835. The van der Waals surface area contributed by atoms with E-state index in [0.717, 1.165) is 12.0 Å². The Morgan fingerprint density at radius 2 is 1.70 bits per heavy atom. The van der Waals surface area contributed by atoms with E-state index in [-0.39, 0.29) is 17.8 Å². The standard InChI is InChI=1S/C28H35NO4/c1-20-13-15-21(16-14-20)11-8-12-24(25(30)18-28(2,3)4)26(31)29-23(19-33-27(29)32)17-22-9-6-5-7-10-22/h5-7,9-10,13-16,23-24H,8,11-12,17-19H2,1-4H3. The summed E-state index contributed by atoms with van der Waals surface area (Å²) in [5, 5.41) is 0. The Morgan fingerprint density at radius 1 is 1.03 bits per heavy atom. The van der Waals surface area contributed by atoms with Crippen LogP contribution in [0.4, 0.5) is 4.79 Å². The molecule has 0 spiro atoms. The zero-order chi connectivity index (χ0) is 24.0. The molecule has 2 aromatic rings. The summed E-state index contributed by atoms with van der Waals surface area (Å²) < 4.78 is 5.24. The van der Waals surface area contributed by atoms with Crippen LogP contribution in [0.25, 0.3) is 0 Å². The summed E-state index contributed by atoms with van der Waals surface area (Å²) in [6.45, 7) is 8.16. The van der Waals surface area contributed by atoms with Crippen LogP contribution in [0.1, 0.15) is 56.7 Å². The lowest BCUT2D eigenvalue weighted by Gasteiger charge is -2.26. The van der Waals surface area contributed by atoms with Crippen LogP contribution in [-0.4, -0.2) is 35.3 Å². The molecule has 0 aromatic heterocycles. The first-order valence-corrected chi connectivity index (χ1v) is 11.8. The van der Waals surface area contributed by atoms with E-state index in [1.165, 1.54) is 16.0 Å². The molecule has 1 saturated heterocycles. The van der Waals surface area contributed by atoms with E-state index in [9.17, 15) is 14.4 Å². The molecular formula is C28H35NO4. The van der Waals surface area contributed by atoms with Crippen LogP contribution < -0.4 is 0 Å². The van der Waals surface area contributed by atoms with Crippen molar-refractivity contribution in [3.05, 3.63) is 71.3 Å². The van der Waals surface area contributed by atoms with Gasteiger partial charge in [-0.2, -0.15) is 0 Å². The first kappa shape index (κ1) is 24.7. The molecule has 5 heteroatoms. The molecule has 1 fully saturated rings. The summed E-state index contributed by atoms with van der Waals surface area (Å²) in [7, 11) is 0. The topological polar surface area (TPSA) is 63.7 Å². The molecule has 2 aromatic carbocycles. The van der Waals surface area contributed by atoms with Crippen molar-refractivity contribution in [3.8, 4) is 0 Å². The lowest BCUT2D eigenvalue weighted by atomic mass is 9.83. The third kappa shape index (κ3) is 7.01. The summed E-state index contributed by atoms with van der Waals surface area (Å²) in [6.07, 6.45) is 2.06. The van der Waals surface area contributed by atoms with Crippen molar-refractivity contribution < 1.29 is 19.1 Å². The Balaban J connectivity index is 1.75. The number of carbonyl (C=O) groups is 3. The second-order valence-electron chi connectivity index (χ2n) is 10.3. The molecule has 0 radical (unpaired) electrons. The van der Waals surface area contributed by atoms with E-state index >= 15 is 0 Å². The highest BCUT2D eigenvalue weighted by atomic mass is 16.6. The number of cyclic esters (lactones) is 1. The number of amides is 2. The SMILES string of the molecule is Cc1ccc(CCCC(C(=O)CC(C)(C)C)C(=O)N2C(=O)OCC2Cc2ccccc2)cc1. The zero-order valence-electron chi connectivity index (χ0n) is 20.2. The lowest BCUT2D eigenvalue weighted by Crippen LogP contribution is -2.46. The fourth-order valence-electron chi connectivity index (χ4n) is 4.27. The highest BCUT2D eigenvalue weighted by Crippen LogP contribution is 2.27. The predicted molar refractivity (Wildman–Crippen MR) is 129 cm³/mol. The molecule has 0 saturated carbocycles. The first-order chi connectivity index (χ1) is 15.6. The molecule has 0 N–H and O–H groups in total. The normalized spacial score (nSPS) is 17.0. The van der Waals surface area contributed by atoms with Gasteiger partial charge in [-0.15, -0.1) is 0 Å². The Hall–Kier alpha value is -2.95. The van der Waals surface area contributed by atoms with Crippen LogP contribution in [0.15, 0.2) is 54.6 Å². The van der Waals surface area contributed by atoms with E-state index < -0.39 is 24.0 Å². The van der Waals surface area contributed by atoms with Crippen LogP contribution in [0.5, 0.6) is 0 Å². The van der Waals surface area contributed by atoms with Crippen LogP contribution in [0.2, 0.25) is 0 Å². The number of hydrogen-bond donors (Lipinski definition) is 0. The minimum absolute atomic E-state index is 0.102. The summed E-state index contributed by atoms with van der Waals surface area (Å²) in [5.74, 6) is -1.36. The molecule has 2 unspecified atom stereocenters. The number of Topliss-reactive ketones (excluding diaryl/α,β-unsaturated/α-hetero) is 1. The van der Waals surface area contributed by atoms with Crippen molar-refractivity contribution in [3.63, 3.8) is 0 Å². The van der Waals surface area contributed by atoms with Crippen LogP contribution in [0.3, 0.4) is 0 Å². The van der Waals surface area contributed by atoms with Gasteiger partial charge in [-0.25, -0.2) is 9.69 Å². The maximum atomic E-state index is 13.6. The van der Waals surface area contributed by atoms with E-state index in [4.69, 9.17) is 4.74 Å².